The highest BCUT2D eigenvalue weighted by Gasteiger charge is 2.21. The number of nitrogens with one attached hydrogen (secondary N) is 3. The smallest absolute Gasteiger partial charge is 0.211 e. The minimum atomic E-state index is -3.35. The average molecular weight is 505 g/mol. The molecule has 2 aromatic rings. The van der Waals surface area contributed by atoms with E-state index in [0.29, 0.717) is 12.1 Å². The van der Waals surface area contributed by atoms with E-state index in [2.05, 4.69) is 41.3 Å². The normalized spacial score (nSPS) is 15.5. The first-order valence-corrected chi connectivity index (χ1v) is 11.8. The van der Waals surface area contributed by atoms with Crippen LogP contribution in [0.3, 0.4) is 0 Å². The van der Waals surface area contributed by atoms with Gasteiger partial charge in [0.05, 0.1) is 15.9 Å². The van der Waals surface area contributed by atoms with Crippen LogP contribution in [0.5, 0.6) is 0 Å². The Hall–Kier alpha value is -2.09. The minimum absolute atomic E-state index is 0.0279. The van der Waals surface area contributed by atoms with Gasteiger partial charge in [0.25, 0.3) is 0 Å². The Morgan fingerprint density at radius 2 is 2.10 bits per heavy atom. The molecule has 0 atom stereocenters. The van der Waals surface area contributed by atoms with Crippen molar-refractivity contribution < 1.29 is 22.6 Å². The van der Waals surface area contributed by atoms with Gasteiger partial charge in [-0.25, -0.2) is 27.2 Å². The second-order valence-corrected chi connectivity index (χ2v) is 9.56. The molecule has 164 valence electrons. The van der Waals surface area contributed by atoms with Gasteiger partial charge in [0.2, 0.25) is 15.8 Å². The molecule has 10 nitrogen and oxygen atoms in total. The maximum Gasteiger partial charge on any atom is 0.211 e. The number of aliphatic imine (C=N–C) groups is 1. The molecule has 4 N–H and O–H groups in total. The third-order valence-corrected chi connectivity index (χ3v) is 6.67. The predicted molar refractivity (Wildman–Crippen MR) is 112 cm³/mol. The Morgan fingerprint density at radius 3 is 2.80 bits per heavy atom. The van der Waals surface area contributed by atoms with Crippen molar-refractivity contribution in [1.82, 2.24) is 20.5 Å². The molecule has 0 saturated heterocycles. The zero-order valence-electron chi connectivity index (χ0n) is 15.9. The van der Waals surface area contributed by atoms with Crippen molar-refractivity contribution in [2.75, 3.05) is 17.6 Å². The van der Waals surface area contributed by atoms with Crippen LogP contribution < -0.4 is 15.5 Å². The Morgan fingerprint density at radius 1 is 1.33 bits per heavy atom. The van der Waals surface area contributed by atoms with Crippen LogP contribution in [0.4, 0.5) is 15.9 Å². The van der Waals surface area contributed by atoms with Crippen molar-refractivity contribution >= 4 is 43.3 Å². The summed E-state index contributed by atoms with van der Waals surface area (Å²) in [6.45, 7) is 0.285. The summed E-state index contributed by atoms with van der Waals surface area (Å²) in [6.07, 6.45) is 4.19. The molecule has 1 saturated carbocycles. The van der Waals surface area contributed by atoms with Crippen LogP contribution in [0.25, 0.3) is 0 Å². The average Bonchev–Trinajstić information content (AvgIpc) is 3.38. The third kappa shape index (κ3) is 6.20. The number of halogens is 2. The van der Waals surface area contributed by atoms with Crippen LogP contribution in [0, 0.1) is 5.82 Å². The van der Waals surface area contributed by atoms with E-state index < -0.39 is 15.8 Å². The molecule has 0 radical (unpaired) electrons. The summed E-state index contributed by atoms with van der Waals surface area (Å²) >= 11 is 3.07. The van der Waals surface area contributed by atoms with Crippen LogP contribution in [0.1, 0.15) is 37.8 Å². The molecule has 1 fully saturated rings. The largest absolute Gasteiger partial charge is 0.365 e. The first kappa shape index (κ1) is 22.6. The zero-order chi connectivity index (χ0) is 21.6. The second-order valence-electron chi connectivity index (χ2n) is 6.83. The maximum absolute atomic E-state index is 13.4. The number of amidine groups is 1. The number of benzene rings is 1. The second kappa shape index (κ2) is 10.3. The predicted octanol–water partition coefficient (Wildman–Crippen LogP) is 2.69. The van der Waals surface area contributed by atoms with Gasteiger partial charge in [0, 0.05) is 12.6 Å². The highest BCUT2D eigenvalue weighted by atomic mass is 79.9. The lowest BCUT2D eigenvalue weighted by atomic mass is 10.3. The van der Waals surface area contributed by atoms with Gasteiger partial charge in [-0.2, -0.15) is 0 Å². The summed E-state index contributed by atoms with van der Waals surface area (Å²) in [5.41, 5.74) is 2.35. The molecule has 1 aromatic heterocycles. The van der Waals surface area contributed by atoms with Crippen molar-refractivity contribution in [1.29, 1.82) is 0 Å². The molecule has 0 unspecified atom stereocenters. The fourth-order valence-corrected chi connectivity index (χ4v) is 4.85. The van der Waals surface area contributed by atoms with E-state index in [1.54, 1.807) is 0 Å². The third-order valence-electron chi connectivity index (χ3n) is 4.55. The molecule has 0 aliphatic heterocycles. The molecule has 0 bridgehead atoms. The highest BCUT2D eigenvalue weighted by molar-refractivity contribution is 9.10. The van der Waals surface area contributed by atoms with Crippen molar-refractivity contribution in [3.8, 4) is 0 Å². The Kier molecular flexibility index (Phi) is 7.75. The van der Waals surface area contributed by atoms with E-state index in [0.717, 1.165) is 25.7 Å². The first-order chi connectivity index (χ1) is 14.4. The van der Waals surface area contributed by atoms with E-state index in [4.69, 9.17) is 4.63 Å². The zero-order valence-corrected chi connectivity index (χ0v) is 18.3. The lowest BCUT2D eigenvalue weighted by molar-refractivity contribution is 0.234. The Bertz CT molecular complexity index is 994. The molecule has 13 heteroatoms. The van der Waals surface area contributed by atoms with Gasteiger partial charge in [0.15, 0.2) is 11.5 Å². The van der Waals surface area contributed by atoms with Gasteiger partial charge in [-0.3, -0.25) is 10.7 Å². The molecule has 1 aromatic carbocycles. The molecule has 0 spiro atoms. The maximum atomic E-state index is 13.4. The summed E-state index contributed by atoms with van der Waals surface area (Å²) in [5.74, 6) is -0.374. The van der Waals surface area contributed by atoms with Gasteiger partial charge in [-0.05, 0) is 63.7 Å². The van der Waals surface area contributed by atoms with Crippen LogP contribution in [0.2, 0.25) is 0 Å². The van der Waals surface area contributed by atoms with Crippen molar-refractivity contribution in [3.63, 3.8) is 0 Å². The molecule has 30 heavy (non-hydrogen) atoms. The summed E-state index contributed by atoms with van der Waals surface area (Å²) in [5, 5.41) is 19.8. The van der Waals surface area contributed by atoms with Crippen molar-refractivity contribution in [2.24, 2.45) is 4.99 Å². The Balaban J connectivity index is 1.58. The number of aromatic nitrogens is 2. The number of rotatable bonds is 9. The lowest BCUT2D eigenvalue weighted by Crippen LogP contribution is -2.34. The fraction of sp³-hybridized carbons (Fsp3) is 0.471. The minimum Gasteiger partial charge on any atom is -0.365 e. The number of hydrogen-bond acceptors (Lipinski definition) is 8. The molecular weight excluding hydrogens is 483 g/mol. The summed E-state index contributed by atoms with van der Waals surface area (Å²) in [7, 11) is -3.35. The number of nitrogens with zero attached hydrogens (tertiary/aromatic N) is 3. The standard InChI is InChI=1S/C17H22BrFN6O4S/c18-13-10-12(6-7-14(13)19)21-17(22-26)15-16(24-29-23-15)20-8-3-9-30(27,28)25-11-4-1-2-5-11/h6-7,10-11,25-26H,1-5,8-9H2,(H,20,24)(H,21,22). The molecule has 1 heterocycles. The molecule has 3 rings (SSSR count). The van der Waals surface area contributed by atoms with E-state index >= 15 is 0 Å². The van der Waals surface area contributed by atoms with Gasteiger partial charge < -0.3 is 5.32 Å². The van der Waals surface area contributed by atoms with E-state index in [9.17, 15) is 18.0 Å². The van der Waals surface area contributed by atoms with E-state index in [1.807, 2.05) is 5.48 Å². The van der Waals surface area contributed by atoms with Crippen molar-refractivity contribution in [3.05, 3.63) is 34.2 Å². The number of sulfonamides is 1. The molecule has 1 aliphatic carbocycles. The Labute approximate surface area is 181 Å². The SMILES string of the molecule is O=S(=O)(CCCNc1nonc1C(=Nc1ccc(F)c(Br)c1)NO)NC1CCCC1. The quantitative estimate of drug-likeness (QED) is 0.176. The van der Waals surface area contributed by atoms with Crippen LogP contribution >= 0.6 is 15.9 Å². The first-order valence-electron chi connectivity index (χ1n) is 9.38. The molecular formula is C17H22BrFN6O4S. The van der Waals surface area contributed by atoms with Crippen molar-refractivity contribution in [2.45, 2.75) is 38.1 Å². The summed E-state index contributed by atoms with van der Waals surface area (Å²) < 4.78 is 45.3. The van der Waals surface area contributed by atoms with E-state index in [-0.39, 0.29) is 40.2 Å². The van der Waals surface area contributed by atoms with Crippen LogP contribution in [0.15, 0.2) is 32.3 Å². The number of hydrogen-bond donors (Lipinski definition) is 4. The fourth-order valence-electron chi connectivity index (χ4n) is 3.10. The number of hydroxylamine groups is 1. The topological polar surface area (TPSA) is 142 Å². The van der Waals surface area contributed by atoms with Gasteiger partial charge >= 0.3 is 0 Å². The van der Waals surface area contributed by atoms with Gasteiger partial charge in [0.1, 0.15) is 5.82 Å². The van der Waals surface area contributed by atoms with Crippen LogP contribution in [-0.4, -0.2) is 48.1 Å². The summed E-state index contributed by atoms with van der Waals surface area (Å²) in [6, 6.07) is 4.10. The van der Waals surface area contributed by atoms with Gasteiger partial charge in [-0.1, -0.05) is 12.8 Å². The number of anilines is 1. The summed E-state index contributed by atoms with van der Waals surface area (Å²) in [4.78, 5) is 4.16. The highest BCUT2D eigenvalue weighted by Crippen LogP contribution is 2.23. The van der Waals surface area contributed by atoms with E-state index in [1.165, 1.54) is 18.2 Å². The molecule has 0 amide bonds. The van der Waals surface area contributed by atoms with Crippen LogP contribution in [-0.2, 0) is 10.0 Å². The molecule has 1 aliphatic rings. The monoisotopic (exact) mass is 504 g/mol. The lowest BCUT2D eigenvalue weighted by Gasteiger charge is -2.12. The van der Waals surface area contributed by atoms with Gasteiger partial charge in [-0.15, -0.1) is 0 Å².